The van der Waals surface area contributed by atoms with Gasteiger partial charge in [-0.3, -0.25) is 0 Å². The maximum absolute atomic E-state index is 5.41. The van der Waals surface area contributed by atoms with E-state index < -0.39 is 0 Å². The highest BCUT2D eigenvalue weighted by atomic mass is 32.2. The van der Waals surface area contributed by atoms with Crippen LogP contribution in [0.2, 0.25) is 0 Å². The van der Waals surface area contributed by atoms with E-state index in [4.69, 9.17) is 4.74 Å². The molecule has 1 saturated carbocycles. The van der Waals surface area contributed by atoms with Crippen molar-refractivity contribution < 1.29 is 4.74 Å². The molecule has 2 nitrogen and oxygen atoms in total. The van der Waals surface area contributed by atoms with Gasteiger partial charge in [0.1, 0.15) is 0 Å². The van der Waals surface area contributed by atoms with Gasteiger partial charge in [0.25, 0.3) is 0 Å². The Balaban J connectivity index is 2.19. The summed E-state index contributed by atoms with van der Waals surface area (Å²) in [5.41, 5.74) is 0.0143. The molecule has 0 radical (unpaired) electrons. The van der Waals surface area contributed by atoms with Gasteiger partial charge in [0.2, 0.25) is 0 Å². The summed E-state index contributed by atoms with van der Waals surface area (Å²) in [6, 6.07) is 0.729. The van der Waals surface area contributed by atoms with Crippen molar-refractivity contribution in [3.8, 4) is 0 Å². The molecular formula is C12H25NOS. The maximum atomic E-state index is 5.41. The summed E-state index contributed by atoms with van der Waals surface area (Å²) in [6.07, 6.45) is 7.42. The topological polar surface area (TPSA) is 21.3 Å². The van der Waals surface area contributed by atoms with Gasteiger partial charge in [-0.1, -0.05) is 6.42 Å². The number of rotatable bonds is 6. The summed E-state index contributed by atoms with van der Waals surface area (Å²) in [7, 11) is 1.79. The zero-order valence-electron chi connectivity index (χ0n) is 10.5. The molecule has 2 unspecified atom stereocenters. The van der Waals surface area contributed by atoms with Crippen molar-refractivity contribution in [3.63, 3.8) is 0 Å². The lowest BCUT2D eigenvalue weighted by molar-refractivity contribution is 0.0154. The van der Waals surface area contributed by atoms with Crippen molar-refractivity contribution in [1.29, 1.82) is 0 Å². The molecule has 0 spiro atoms. The average Bonchev–Trinajstić information content (AvgIpc) is 2.65. The first-order chi connectivity index (χ1) is 7.09. The first-order valence-electron chi connectivity index (χ1n) is 5.90. The zero-order chi connectivity index (χ0) is 11.3. The molecule has 0 aromatic carbocycles. The Bertz CT molecular complexity index is 184. The first kappa shape index (κ1) is 13.3. The summed E-state index contributed by atoms with van der Waals surface area (Å²) < 4.78 is 5.41. The highest BCUT2D eigenvalue weighted by Gasteiger charge is 2.26. The van der Waals surface area contributed by atoms with Gasteiger partial charge in [-0.05, 0) is 45.9 Å². The molecule has 0 saturated heterocycles. The van der Waals surface area contributed by atoms with Crippen molar-refractivity contribution in [1.82, 2.24) is 5.32 Å². The molecule has 3 heteroatoms. The van der Waals surface area contributed by atoms with E-state index in [2.05, 4.69) is 25.4 Å². The lowest BCUT2D eigenvalue weighted by Crippen LogP contribution is -2.37. The van der Waals surface area contributed by atoms with E-state index in [-0.39, 0.29) is 5.60 Å². The van der Waals surface area contributed by atoms with Gasteiger partial charge in [0.05, 0.1) is 5.60 Å². The minimum absolute atomic E-state index is 0.0143. The van der Waals surface area contributed by atoms with Crippen LogP contribution in [0.3, 0.4) is 0 Å². The van der Waals surface area contributed by atoms with Gasteiger partial charge < -0.3 is 10.1 Å². The van der Waals surface area contributed by atoms with Crippen LogP contribution in [0, 0.1) is 0 Å². The molecule has 0 aliphatic heterocycles. The van der Waals surface area contributed by atoms with E-state index in [9.17, 15) is 0 Å². The molecule has 1 aliphatic carbocycles. The molecule has 90 valence electrons. The van der Waals surface area contributed by atoms with Gasteiger partial charge in [-0.15, -0.1) is 0 Å². The Kier molecular flexibility index (Phi) is 5.44. The Morgan fingerprint density at radius 2 is 2.13 bits per heavy atom. The van der Waals surface area contributed by atoms with E-state index in [0.29, 0.717) is 0 Å². The third-order valence-corrected chi connectivity index (χ3v) is 4.61. The lowest BCUT2D eigenvalue weighted by Gasteiger charge is -2.25. The first-order valence-corrected chi connectivity index (χ1v) is 7.19. The number of methoxy groups -OCH3 is 1. The van der Waals surface area contributed by atoms with Crippen LogP contribution in [0.15, 0.2) is 0 Å². The summed E-state index contributed by atoms with van der Waals surface area (Å²) in [4.78, 5) is 0. The number of ether oxygens (including phenoxy) is 1. The normalized spacial score (nSPS) is 27.2. The Hall–Kier alpha value is 0.270. The molecule has 15 heavy (non-hydrogen) atoms. The number of hydrogen-bond acceptors (Lipinski definition) is 3. The minimum Gasteiger partial charge on any atom is -0.379 e. The number of thioether (sulfide) groups is 1. The molecule has 1 fully saturated rings. The second kappa shape index (κ2) is 6.12. The lowest BCUT2D eigenvalue weighted by atomic mass is 10.1. The fraction of sp³-hybridized carbons (Fsp3) is 1.00. The molecule has 0 aromatic heterocycles. The molecular weight excluding hydrogens is 206 g/mol. The van der Waals surface area contributed by atoms with Crippen LogP contribution in [0.4, 0.5) is 0 Å². The quantitative estimate of drug-likeness (QED) is 0.759. The zero-order valence-corrected chi connectivity index (χ0v) is 11.3. The average molecular weight is 231 g/mol. The second-order valence-electron chi connectivity index (χ2n) is 4.98. The molecule has 0 heterocycles. The molecule has 1 N–H and O–H groups in total. The predicted molar refractivity (Wildman–Crippen MR) is 68.6 cm³/mol. The molecule has 0 amide bonds. The van der Waals surface area contributed by atoms with E-state index in [1.807, 2.05) is 11.8 Å². The molecule has 2 atom stereocenters. The summed E-state index contributed by atoms with van der Waals surface area (Å²) in [5.74, 6) is 0. The van der Waals surface area contributed by atoms with Crippen molar-refractivity contribution in [2.24, 2.45) is 0 Å². The van der Waals surface area contributed by atoms with Gasteiger partial charge in [0.15, 0.2) is 0 Å². The minimum atomic E-state index is 0.0143. The van der Waals surface area contributed by atoms with Crippen LogP contribution < -0.4 is 5.32 Å². The van der Waals surface area contributed by atoms with Gasteiger partial charge >= 0.3 is 0 Å². The van der Waals surface area contributed by atoms with Crippen LogP contribution >= 0.6 is 11.8 Å². The number of hydrogen-bond donors (Lipinski definition) is 1. The largest absolute Gasteiger partial charge is 0.379 e. The van der Waals surface area contributed by atoms with E-state index in [0.717, 1.165) is 24.3 Å². The standard InChI is InChI=1S/C12H25NOS/c1-12(2,14-3)8-9-13-10-6-5-7-11(10)15-4/h10-11,13H,5-9H2,1-4H3. The molecule has 0 bridgehead atoms. The van der Waals surface area contributed by atoms with Gasteiger partial charge in [0, 0.05) is 18.4 Å². The van der Waals surface area contributed by atoms with E-state index in [1.165, 1.54) is 19.3 Å². The van der Waals surface area contributed by atoms with Crippen molar-refractivity contribution >= 4 is 11.8 Å². The predicted octanol–water partition coefficient (Wildman–Crippen LogP) is 2.68. The second-order valence-corrected chi connectivity index (χ2v) is 6.06. The van der Waals surface area contributed by atoms with E-state index in [1.54, 1.807) is 7.11 Å². The van der Waals surface area contributed by atoms with Crippen molar-refractivity contribution in [2.45, 2.75) is 56.4 Å². The highest BCUT2D eigenvalue weighted by molar-refractivity contribution is 7.99. The third kappa shape index (κ3) is 4.33. The van der Waals surface area contributed by atoms with Gasteiger partial charge in [-0.25, -0.2) is 0 Å². The molecule has 0 aromatic rings. The van der Waals surface area contributed by atoms with E-state index >= 15 is 0 Å². The summed E-state index contributed by atoms with van der Waals surface area (Å²) >= 11 is 2.01. The monoisotopic (exact) mass is 231 g/mol. The van der Waals surface area contributed by atoms with Crippen LogP contribution in [-0.2, 0) is 4.74 Å². The van der Waals surface area contributed by atoms with Gasteiger partial charge in [-0.2, -0.15) is 11.8 Å². The maximum Gasteiger partial charge on any atom is 0.0634 e. The SMILES string of the molecule is COC(C)(C)CCNC1CCCC1SC. The Morgan fingerprint density at radius 3 is 2.73 bits per heavy atom. The number of nitrogens with one attached hydrogen (secondary N) is 1. The van der Waals surface area contributed by atoms with Crippen LogP contribution in [0.1, 0.15) is 39.5 Å². The fourth-order valence-corrected chi connectivity index (χ4v) is 3.07. The highest BCUT2D eigenvalue weighted by Crippen LogP contribution is 2.28. The summed E-state index contributed by atoms with van der Waals surface area (Å²) in [5, 5.41) is 4.50. The Morgan fingerprint density at radius 1 is 1.40 bits per heavy atom. The molecule has 1 aliphatic rings. The molecule has 1 rings (SSSR count). The van der Waals surface area contributed by atoms with Crippen LogP contribution in [0.5, 0.6) is 0 Å². The Labute approximate surface area is 98.5 Å². The van der Waals surface area contributed by atoms with Crippen LogP contribution in [-0.4, -0.2) is 36.8 Å². The third-order valence-electron chi connectivity index (χ3n) is 3.44. The summed E-state index contributed by atoms with van der Waals surface area (Å²) in [6.45, 7) is 5.37. The smallest absolute Gasteiger partial charge is 0.0634 e. The fourth-order valence-electron chi connectivity index (χ4n) is 2.10. The van der Waals surface area contributed by atoms with Crippen LogP contribution in [0.25, 0.3) is 0 Å². The van der Waals surface area contributed by atoms with Crippen molar-refractivity contribution in [3.05, 3.63) is 0 Å². The van der Waals surface area contributed by atoms with Crippen molar-refractivity contribution in [2.75, 3.05) is 19.9 Å².